The molecule has 0 fully saturated rings. The molecule has 1 aromatic heterocycles. The maximum absolute atomic E-state index is 12.2. The average Bonchev–Trinajstić information content (AvgIpc) is 2.79. The van der Waals surface area contributed by atoms with Gasteiger partial charge in [0.2, 0.25) is 5.89 Å². The van der Waals surface area contributed by atoms with Crippen LogP contribution in [0.25, 0.3) is 0 Å². The maximum Gasteiger partial charge on any atom is 0.226 e. The Balaban J connectivity index is 2.07. The van der Waals surface area contributed by atoms with Crippen molar-refractivity contribution in [2.75, 3.05) is 0 Å². The molecule has 8 heteroatoms. The quantitative estimate of drug-likeness (QED) is 0.783. The largest absolute Gasteiger partial charge is 0.339 e. The van der Waals surface area contributed by atoms with E-state index in [2.05, 4.69) is 10.1 Å². The predicted molar refractivity (Wildman–Crippen MR) is 85.6 cm³/mol. The van der Waals surface area contributed by atoms with E-state index in [1.807, 2.05) is 13.8 Å². The minimum atomic E-state index is -3.42. The Morgan fingerprint density at radius 1 is 1.18 bits per heavy atom. The zero-order chi connectivity index (χ0) is 16.3. The van der Waals surface area contributed by atoms with E-state index in [0.717, 1.165) is 0 Å². The fourth-order valence-electron chi connectivity index (χ4n) is 1.91. The van der Waals surface area contributed by atoms with Gasteiger partial charge in [0.1, 0.15) is 5.75 Å². The SMILES string of the molecule is CC(C)Cc1nc(CS(=O)(=O)Cc2ccc(Cl)c(Cl)c2)no1. The van der Waals surface area contributed by atoms with Crippen molar-refractivity contribution >= 4 is 33.0 Å². The highest BCUT2D eigenvalue weighted by molar-refractivity contribution is 7.89. The summed E-state index contributed by atoms with van der Waals surface area (Å²) >= 11 is 11.7. The van der Waals surface area contributed by atoms with E-state index in [9.17, 15) is 8.42 Å². The summed E-state index contributed by atoms with van der Waals surface area (Å²) in [7, 11) is -3.42. The van der Waals surface area contributed by atoms with Crippen molar-refractivity contribution in [1.29, 1.82) is 0 Å². The van der Waals surface area contributed by atoms with Crippen molar-refractivity contribution < 1.29 is 12.9 Å². The number of halogens is 2. The normalized spacial score (nSPS) is 12.0. The summed E-state index contributed by atoms with van der Waals surface area (Å²) in [5, 5.41) is 4.43. The Morgan fingerprint density at radius 3 is 2.55 bits per heavy atom. The fraction of sp³-hybridized carbons (Fsp3) is 0.429. The van der Waals surface area contributed by atoms with E-state index in [-0.39, 0.29) is 17.3 Å². The van der Waals surface area contributed by atoms with E-state index in [4.69, 9.17) is 27.7 Å². The standard InChI is InChI=1S/C14H16Cl2N2O3S/c1-9(2)5-14-17-13(18-21-14)8-22(19,20)7-10-3-4-11(15)12(16)6-10/h3-4,6,9H,5,7-8H2,1-2H3. The zero-order valence-corrected chi connectivity index (χ0v) is 14.5. The highest BCUT2D eigenvalue weighted by Gasteiger charge is 2.18. The van der Waals surface area contributed by atoms with Gasteiger partial charge in [-0.2, -0.15) is 4.98 Å². The van der Waals surface area contributed by atoms with Crippen molar-refractivity contribution in [3.63, 3.8) is 0 Å². The minimum Gasteiger partial charge on any atom is -0.339 e. The van der Waals surface area contributed by atoms with Crippen LogP contribution < -0.4 is 0 Å². The first-order valence-electron chi connectivity index (χ1n) is 6.71. The van der Waals surface area contributed by atoms with E-state index >= 15 is 0 Å². The van der Waals surface area contributed by atoms with Crippen molar-refractivity contribution in [3.05, 3.63) is 45.5 Å². The molecule has 120 valence electrons. The monoisotopic (exact) mass is 362 g/mol. The van der Waals surface area contributed by atoms with E-state index in [1.165, 1.54) is 0 Å². The number of hydrogen-bond donors (Lipinski definition) is 0. The smallest absolute Gasteiger partial charge is 0.226 e. The molecule has 1 aromatic carbocycles. The summed E-state index contributed by atoms with van der Waals surface area (Å²) in [6.07, 6.45) is 0.625. The lowest BCUT2D eigenvalue weighted by molar-refractivity contribution is 0.359. The van der Waals surface area contributed by atoms with Crippen molar-refractivity contribution in [3.8, 4) is 0 Å². The Labute approximate surface area is 139 Å². The van der Waals surface area contributed by atoms with Gasteiger partial charge < -0.3 is 4.52 Å². The van der Waals surface area contributed by atoms with Gasteiger partial charge in [0.05, 0.1) is 15.8 Å². The molecule has 0 aliphatic heterocycles. The summed E-state index contributed by atoms with van der Waals surface area (Å²) in [6, 6.07) is 4.75. The summed E-state index contributed by atoms with van der Waals surface area (Å²) in [6.45, 7) is 4.04. The van der Waals surface area contributed by atoms with Gasteiger partial charge in [-0.05, 0) is 23.6 Å². The second-order valence-electron chi connectivity index (χ2n) is 5.48. The Kier molecular flexibility index (Phi) is 5.47. The molecule has 1 heterocycles. The number of aromatic nitrogens is 2. The molecule has 0 aliphatic rings. The van der Waals surface area contributed by atoms with Crippen LogP contribution in [0.3, 0.4) is 0 Å². The summed E-state index contributed by atoms with van der Waals surface area (Å²) < 4.78 is 29.4. The molecule has 0 N–H and O–H groups in total. The molecule has 0 saturated carbocycles. The van der Waals surface area contributed by atoms with Crippen LogP contribution in [0.4, 0.5) is 0 Å². The summed E-state index contributed by atoms with van der Waals surface area (Å²) in [5.41, 5.74) is 0.570. The first-order valence-corrected chi connectivity index (χ1v) is 9.29. The lowest BCUT2D eigenvalue weighted by Gasteiger charge is -2.03. The number of sulfone groups is 1. The van der Waals surface area contributed by atoms with Crippen molar-refractivity contribution in [2.45, 2.75) is 31.8 Å². The minimum absolute atomic E-state index is 0.155. The average molecular weight is 363 g/mol. The highest BCUT2D eigenvalue weighted by atomic mass is 35.5. The van der Waals surface area contributed by atoms with Crippen LogP contribution in [-0.2, 0) is 27.8 Å². The van der Waals surface area contributed by atoms with E-state index in [0.29, 0.717) is 33.8 Å². The summed E-state index contributed by atoms with van der Waals surface area (Å²) in [5.74, 6) is 0.568. The van der Waals surface area contributed by atoms with Crippen LogP contribution in [0.15, 0.2) is 22.7 Å². The molecule has 0 aliphatic carbocycles. The van der Waals surface area contributed by atoms with Gasteiger partial charge in [0.15, 0.2) is 15.7 Å². The van der Waals surface area contributed by atoms with Crippen molar-refractivity contribution in [2.24, 2.45) is 5.92 Å². The fourth-order valence-corrected chi connectivity index (χ4v) is 3.53. The Bertz CT molecular complexity index is 757. The third-order valence-electron chi connectivity index (χ3n) is 2.81. The molecule has 0 saturated heterocycles. The zero-order valence-electron chi connectivity index (χ0n) is 12.2. The lowest BCUT2D eigenvalue weighted by Crippen LogP contribution is -2.09. The number of benzene rings is 1. The molecule has 2 rings (SSSR count). The molecule has 0 atom stereocenters. The predicted octanol–water partition coefficient (Wildman–Crippen LogP) is 3.69. The Hall–Kier alpha value is -1.11. The van der Waals surface area contributed by atoms with E-state index in [1.54, 1.807) is 18.2 Å². The molecular formula is C14H16Cl2N2O3S. The van der Waals surface area contributed by atoms with Crippen LogP contribution in [0, 0.1) is 5.92 Å². The molecule has 5 nitrogen and oxygen atoms in total. The molecule has 0 bridgehead atoms. The van der Waals surface area contributed by atoms with Crippen LogP contribution in [-0.4, -0.2) is 18.6 Å². The van der Waals surface area contributed by atoms with Gasteiger partial charge in [-0.1, -0.05) is 48.3 Å². The van der Waals surface area contributed by atoms with Crippen molar-refractivity contribution in [1.82, 2.24) is 10.1 Å². The molecule has 0 spiro atoms. The first kappa shape index (κ1) is 17.2. The molecule has 0 radical (unpaired) electrons. The number of hydrogen-bond acceptors (Lipinski definition) is 5. The summed E-state index contributed by atoms with van der Waals surface area (Å²) in [4.78, 5) is 4.10. The third kappa shape index (κ3) is 4.97. The lowest BCUT2D eigenvalue weighted by atomic mass is 10.1. The van der Waals surface area contributed by atoms with Crippen LogP contribution >= 0.6 is 23.2 Å². The van der Waals surface area contributed by atoms with E-state index < -0.39 is 9.84 Å². The maximum atomic E-state index is 12.2. The molecule has 2 aromatic rings. The second kappa shape index (κ2) is 6.98. The molecular weight excluding hydrogens is 347 g/mol. The van der Waals surface area contributed by atoms with Gasteiger partial charge in [-0.3, -0.25) is 0 Å². The van der Waals surface area contributed by atoms with Gasteiger partial charge >= 0.3 is 0 Å². The molecule has 22 heavy (non-hydrogen) atoms. The molecule has 0 unspecified atom stereocenters. The number of nitrogens with zero attached hydrogens (tertiary/aromatic N) is 2. The first-order chi connectivity index (χ1) is 10.2. The van der Waals surface area contributed by atoms with Crippen LogP contribution in [0.1, 0.15) is 31.1 Å². The highest BCUT2D eigenvalue weighted by Crippen LogP contribution is 2.24. The van der Waals surface area contributed by atoms with Gasteiger partial charge in [0.25, 0.3) is 0 Å². The van der Waals surface area contributed by atoms with Crippen LogP contribution in [0.2, 0.25) is 10.0 Å². The topological polar surface area (TPSA) is 73.1 Å². The van der Waals surface area contributed by atoms with Gasteiger partial charge in [0, 0.05) is 6.42 Å². The van der Waals surface area contributed by atoms with Crippen LogP contribution in [0.5, 0.6) is 0 Å². The second-order valence-corrected chi connectivity index (χ2v) is 8.36. The van der Waals surface area contributed by atoms with Gasteiger partial charge in [-0.25, -0.2) is 8.42 Å². The third-order valence-corrected chi connectivity index (χ3v) is 5.02. The van der Waals surface area contributed by atoms with Gasteiger partial charge in [-0.15, -0.1) is 0 Å². The molecule has 0 amide bonds. The Morgan fingerprint density at radius 2 is 1.91 bits per heavy atom. The number of rotatable bonds is 6.